The first kappa shape index (κ1) is 14.5. The quantitative estimate of drug-likeness (QED) is 0.806. The second-order valence-corrected chi connectivity index (χ2v) is 4.01. The molecule has 0 aromatic heterocycles. The minimum atomic E-state index is -0.743. The third kappa shape index (κ3) is 4.01. The van der Waals surface area contributed by atoms with Crippen molar-refractivity contribution in [3.63, 3.8) is 0 Å². The largest absolute Gasteiger partial charge is 0.395 e. The van der Waals surface area contributed by atoms with E-state index < -0.39 is 11.8 Å². The molecule has 98 valence electrons. The number of carbonyl (C=O) groups excluding carboxylic acids is 2. The van der Waals surface area contributed by atoms with Crippen LogP contribution in [0.2, 0.25) is 5.02 Å². The zero-order valence-corrected chi connectivity index (χ0v) is 10.8. The summed E-state index contributed by atoms with van der Waals surface area (Å²) in [4.78, 5) is 24.7. The first-order valence-electron chi connectivity index (χ1n) is 5.55. The molecule has 0 spiro atoms. The maximum absolute atomic E-state index is 11.7. The van der Waals surface area contributed by atoms with Crippen molar-refractivity contribution in [3.8, 4) is 0 Å². The van der Waals surface area contributed by atoms with Crippen molar-refractivity contribution in [2.45, 2.75) is 6.92 Å². The van der Waals surface area contributed by atoms with E-state index >= 15 is 0 Å². The number of aliphatic hydroxyl groups excluding tert-OH is 1. The maximum atomic E-state index is 11.7. The van der Waals surface area contributed by atoms with Gasteiger partial charge in [-0.1, -0.05) is 17.7 Å². The number of benzene rings is 1. The van der Waals surface area contributed by atoms with Crippen LogP contribution in [-0.2, 0) is 9.59 Å². The summed E-state index contributed by atoms with van der Waals surface area (Å²) in [5.41, 5.74) is 0.459. The van der Waals surface area contributed by atoms with Gasteiger partial charge in [-0.2, -0.15) is 0 Å². The van der Waals surface area contributed by atoms with Gasteiger partial charge in [0.1, 0.15) is 0 Å². The zero-order valence-electron chi connectivity index (χ0n) is 10.0. The molecule has 0 heterocycles. The van der Waals surface area contributed by atoms with E-state index in [0.717, 1.165) is 0 Å². The number of amides is 2. The van der Waals surface area contributed by atoms with Gasteiger partial charge in [0.15, 0.2) is 0 Å². The fraction of sp³-hybridized carbons (Fsp3) is 0.333. The molecule has 0 bridgehead atoms. The van der Waals surface area contributed by atoms with E-state index in [4.69, 9.17) is 16.7 Å². The minimum absolute atomic E-state index is 0.137. The van der Waals surface area contributed by atoms with E-state index in [1.807, 2.05) is 0 Å². The minimum Gasteiger partial charge on any atom is -0.395 e. The Kier molecular flexibility index (Phi) is 5.61. The molecule has 0 aliphatic rings. The van der Waals surface area contributed by atoms with E-state index in [9.17, 15) is 9.59 Å². The lowest BCUT2D eigenvalue weighted by Crippen LogP contribution is -2.41. The van der Waals surface area contributed by atoms with Crippen LogP contribution < -0.4 is 5.32 Å². The van der Waals surface area contributed by atoms with Gasteiger partial charge >= 0.3 is 11.8 Å². The van der Waals surface area contributed by atoms with Gasteiger partial charge in [-0.3, -0.25) is 9.59 Å². The van der Waals surface area contributed by atoms with E-state index in [0.29, 0.717) is 17.3 Å². The Morgan fingerprint density at radius 3 is 2.72 bits per heavy atom. The van der Waals surface area contributed by atoms with Gasteiger partial charge < -0.3 is 15.3 Å². The molecule has 2 amide bonds. The molecule has 0 aliphatic heterocycles. The Morgan fingerprint density at radius 1 is 1.44 bits per heavy atom. The molecule has 1 rings (SSSR count). The number of rotatable bonds is 4. The van der Waals surface area contributed by atoms with E-state index in [2.05, 4.69) is 5.32 Å². The summed E-state index contributed by atoms with van der Waals surface area (Å²) in [6.45, 7) is 2.06. The topological polar surface area (TPSA) is 69.6 Å². The molecular weight excluding hydrogens is 256 g/mol. The number of carbonyl (C=O) groups is 2. The molecular formula is C12H15ClN2O3. The average Bonchev–Trinajstić information content (AvgIpc) is 2.35. The lowest BCUT2D eigenvalue weighted by molar-refractivity contribution is -0.143. The Bertz CT molecular complexity index is 437. The molecule has 0 atom stereocenters. The summed E-state index contributed by atoms with van der Waals surface area (Å²) in [6.07, 6.45) is 0. The van der Waals surface area contributed by atoms with Crippen LogP contribution in [0.5, 0.6) is 0 Å². The highest BCUT2D eigenvalue weighted by molar-refractivity contribution is 6.39. The number of anilines is 1. The van der Waals surface area contributed by atoms with Gasteiger partial charge in [0.25, 0.3) is 0 Å². The number of likely N-dealkylation sites (N-methyl/N-ethyl adjacent to an activating group) is 1. The van der Waals surface area contributed by atoms with Crippen LogP contribution in [0.4, 0.5) is 5.69 Å². The smallest absolute Gasteiger partial charge is 0.313 e. The zero-order chi connectivity index (χ0) is 13.5. The molecule has 0 radical (unpaired) electrons. The van der Waals surface area contributed by atoms with Crippen molar-refractivity contribution >= 4 is 29.1 Å². The van der Waals surface area contributed by atoms with Crippen LogP contribution in [-0.4, -0.2) is 41.5 Å². The Hall–Kier alpha value is -1.59. The Balaban J connectivity index is 2.67. The van der Waals surface area contributed by atoms with Crippen molar-refractivity contribution in [2.24, 2.45) is 0 Å². The van der Waals surface area contributed by atoms with Crippen LogP contribution in [0.1, 0.15) is 6.92 Å². The summed E-state index contributed by atoms with van der Waals surface area (Å²) >= 11 is 5.77. The van der Waals surface area contributed by atoms with E-state index in [-0.39, 0.29) is 13.2 Å². The average molecular weight is 271 g/mol. The summed E-state index contributed by atoms with van der Waals surface area (Å²) < 4.78 is 0. The number of aliphatic hydroxyl groups is 1. The summed E-state index contributed by atoms with van der Waals surface area (Å²) in [5.74, 6) is -1.42. The van der Waals surface area contributed by atoms with Crippen molar-refractivity contribution < 1.29 is 14.7 Å². The van der Waals surface area contributed by atoms with Crippen LogP contribution in [0.3, 0.4) is 0 Å². The molecule has 5 nitrogen and oxygen atoms in total. The standard InChI is InChI=1S/C12H15ClN2O3/c1-2-15(6-7-16)12(18)11(17)14-10-5-3-4-9(13)8-10/h3-5,8,16H,2,6-7H2,1H3,(H,14,17). The molecule has 0 aliphatic carbocycles. The highest BCUT2D eigenvalue weighted by Gasteiger charge is 2.20. The molecule has 1 aromatic rings. The molecule has 0 saturated carbocycles. The second kappa shape index (κ2) is 6.98. The number of hydrogen-bond donors (Lipinski definition) is 2. The van der Waals surface area contributed by atoms with Gasteiger partial charge in [-0.15, -0.1) is 0 Å². The van der Waals surface area contributed by atoms with Crippen molar-refractivity contribution in [2.75, 3.05) is 25.0 Å². The molecule has 1 aromatic carbocycles. The van der Waals surface area contributed by atoms with E-state index in [1.165, 1.54) is 4.90 Å². The fourth-order valence-electron chi connectivity index (χ4n) is 1.42. The number of nitrogens with one attached hydrogen (secondary N) is 1. The first-order valence-corrected chi connectivity index (χ1v) is 5.93. The molecule has 0 unspecified atom stereocenters. The number of halogens is 1. The molecule has 18 heavy (non-hydrogen) atoms. The van der Waals surface area contributed by atoms with Gasteiger partial charge in [0, 0.05) is 23.8 Å². The van der Waals surface area contributed by atoms with Gasteiger partial charge in [0.05, 0.1) is 6.61 Å². The summed E-state index contributed by atoms with van der Waals surface area (Å²) in [7, 11) is 0. The molecule has 0 saturated heterocycles. The molecule has 6 heteroatoms. The predicted octanol–water partition coefficient (Wildman–Crippen LogP) is 1.12. The van der Waals surface area contributed by atoms with Gasteiger partial charge in [-0.05, 0) is 25.1 Å². The monoisotopic (exact) mass is 270 g/mol. The Labute approximate surface area is 110 Å². The van der Waals surface area contributed by atoms with E-state index in [1.54, 1.807) is 31.2 Å². The van der Waals surface area contributed by atoms with Gasteiger partial charge in [-0.25, -0.2) is 0 Å². The third-order valence-corrected chi connectivity index (χ3v) is 2.55. The van der Waals surface area contributed by atoms with Crippen molar-refractivity contribution in [1.29, 1.82) is 0 Å². The third-order valence-electron chi connectivity index (χ3n) is 2.32. The van der Waals surface area contributed by atoms with Crippen LogP contribution >= 0.6 is 11.6 Å². The molecule has 0 fully saturated rings. The highest BCUT2D eigenvalue weighted by Crippen LogP contribution is 2.14. The predicted molar refractivity (Wildman–Crippen MR) is 69.4 cm³/mol. The number of hydrogen-bond acceptors (Lipinski definition) is 3. The lowest BCUT2D eigenvalue weighted by atomic mass is 10.3. The van der Waals surface area contributed by atoms with Crippen LogP contribution in [0.25, 0.3) is 0 Å². The second-order valence-electron chi connectivity index (χ2n) is 3.57. The van der Waals surface area contributed by atoms with Crippen LogP contribution in [0.15, 0.2) is 24.3 Å². The normalized spacial score (nSPS) is 9.94. The summed E-state index contributed by atoms with van der Waals surface area (Å²) in [6, 6.07) is 6.53. The fourth-order valence-corrected chi connectivity index (χ4v) is 1.61. The summed E-state index contributed by atoms with van der Waals surface area (Å²) in [5, 5.41) is 11.7. The van der Waals surface area contributed by atoms with Crippen LogP contribution in [0, 0.1) is 0 Å². The maximum Gasteiger partial charge on any atom is 0.313 e. The number of nitrogens with zero attached hydrogens (tertiary/aromatic N) is 1. The lowest BCUT2D eigenvalue weighted by Gasteiger charge is -2.18. The SMILES string of the molecule is CCN(CCO)C(=O)C(=O)Nc1cccc(Cl)c1. The van der Waals surface area contributed by atoms with Crippen molar-refractivity contribution in [1.82, 2.24) is 4.90 Å². The highest BCUT2D eigenvalue weighted by atomic mass is 35.5. The van der Waals surface area contributed by atoms with Crippen molar-refractivity contribution in [3.05, 3.63) is 29.3 Å². The van der Waals surface area contributed by atoms with Gasteiger partial charge in [0.2, 0.25) is 0 Å². The molecule has 2 N–H and O–H groups in total. The first-order chi connectivity index (χ1) is 8.58. The Morgan fingerprint density at radius 2 is 2.17 bits per heavy atom.